The Balaban J connectivity index is 1.84. The molecule has 2 atom stereocenters. The molecule has 1 heterocycles. The first kappa shape index (κ1) is 17.2. The van der Waals surface area contributed by atoms with E-state index < -0.39 is 11.8 Å². The minimum Gasteiger partial charge on any atom is -0.375 e. The van der Waals surface area contributed by atoms with E-state index in [1.54, 1.807) is 18.4 Å². The number of benzene rings is 1. The minimum absolute atomic E-state index is 0.232. The molecule has 0 aliphatic rings. The summed E-state index contributed by atoms with van der Waals surface area (Å²) in [5.41, 5.74) is 1.93. The van der Waals surface area contributed by atoms with Crippen molar-refractivity contribution in [1.82, 2.24) is 10.6 Å². The smallest absolute Gasteiger partial charge is 0.309 e. The molecule has 1 aromatic carbocycles. The summed E-state index contributed by atoms with van der Waals surface area (Å²) in [6, 6.07) is 11.2. The second-order valence-electron chi connectivity index (χ2n) is 5.10. The first-order valence-corrected chi connectivity index (χ1v) is 8.24. The number of rotatable bonds is 6. The van der Waals surface area contributed by atoms with Crippen LogP contribution in [0.5, 0.6) is 0 Å². The molecule has 0 spiro atoms. The molecule has 0 radical (unpaired) electrons. The van der Waals surface area contributed by atoms with Crippen LogP contribution >= 0.6 is 11.3 Å². The summed E-state index contributed by atoms with van der Waals surface area (Å²) in [7, 11) is 1.58. The van der Waals surface area contributed by atoms with Gasteiger partial charge in [-0.15, -0.1) is 0 Å². The highest BCUT2D eigenvalue weighted by Crippen LogP contribution is 2.18. The first-order valence-electron chi connectivity index (χ1n) is 7.30. The van der Waals surface area contributed by atoms with Gasteiger partial charge in [0.1, 0.15) is 6.10 Å². The number of carbonyl (C=O) groups is 2. The predicted molar refractivity (Wildman–Crippen MR) is 90.1 cm³/mol. The fourth-order valence-electron chi connectivity index (χ4n) is 2.15. The van der Waals surface area contributed by atoms with Crippen LogP contribution in [0.15, 0.2) is 47.2 Å². The van der Waals surface area contributed by atoms with Crippen LogP contribution in [0.3, 0.4) is 0 Å². The number of carbonyl (C=O) groups excluding carboxylic acids is 2. The number of thiophene rings is 1. The van der Waals surface area contributed by atoms with Crippen molar-refractivity contribution in [3.63, 3.8) is 0 Å². The lowest BCUT2D eigenvalue weighted by molar-refractivity contribution is -0.139. The third-order valence-corrected chi connectivity index (χ3v) is 4.20. The van der Waals surface area contributed by atoms with Crippen LogP contribution in [0.25, 0.3) is 0 Å². The molecule has 2 aromatic rings. The van der Waals surface area contributed by atoms with E-state index in [-0.39, 0.29) is 18.7 Å². The molecular weight excluding hydrogens is 312 g/mol. The predicted octanol–water partition coefficient (Wildman–Crippen LogP) is 2.43. The normalized spacial score (nSPS) is 13.1. The average Bonchev–Trinajstić information content (AvgIpc) is 3.10. The Hall–Kier alpha value is -2.18. The summed E-state index contributed by atoms with van der Waals surface area (Å²) < 4.78 is 5.34. The topological polar surface area (TPSA) is 67.4 Å². The summed E-state index contributed by atoms with van der Waals surface area (Å²) in [6.45, 7) is 2.09. The van der Waals surface area contributed by atoms with Gasteiger partial charge in [-0.25, -0.2) is 0 Å². The first-order chi connectivity index (χ1) is 11.1. The lowest BCUT2D eigenvalue weighted by Gasteiger charge is -2.16. The number of methoxy groups -OCH3 is 1. The van der Waals surface area contributed by atoms with Crippen LogP contribution < -0.4 is 10.6 Å². The molecule has 2 N–H and O–H groups in total. The molecule has 2 amide bonds. The zero-order valence-electron chi connectivity index (χ0n) is 13.1. The van der Waals surface area contributed by atoms with E-state index in [9.17, 15) is 9.59 Å². The van der Waals surface area contributed by atoms with Crippen molar-refractivity contribution in [2.45, 2.75) is 19.1 Å². The molecule has 23 heavy (non-hydrogen) atoms. The van der Waals surface area contributed by atoms with Crippen LogP contribution in [0.4, 0.5) is 0 Å². The summed E-state index contributed by atoms with van der Waals surface area (Å²) in [6.07, 6.45) is -0.260. The van der Waals surface area contributed by atoms with E-state index in [0.29, 0.717) is 0 Å². The highest BCUT2D eigenvalue weighted by atomic mass is 32.1. The molecule has 0 saturated carbocycles. The van der Waals surface area contributed by atoms with E-state index in [2.05, 4.69) is 10.6 Å². The van der Waals surface area contributed by atoms with Crippen molar-refractivity contribution in [2.75, 3.05) is 13.7 Å². The molecule has 0 unspecified atom stereocenters. The van der Waals surface area contributed by atoms with Gasteiger partial charge in [0, 0.05) is 13.7 Å². The standard InChI is InChI=1S/C17H20N2O3S/c1-12(13-6-4-3-5-7-13)19-17(21)16(20)18-10-15(22-2)14-8-9-23-11-14/h3-9,11-12,15H,10H2,1-2H3,(H,18,20)(H,19,21)/t12-,15+/m0/s1. The third kappa shape index (κ3) is 4.91. The van der Waals surface area contributed by atoms with Gasteiger partial charge in [0.15, 0.2) is 0 Å². The summed E-state index contributed by atoms with van der Waals surface area (Å²) >= 11 is 1.56. The van der Waals surface area contributed by atoms with E-state index in [1.807, 2.05) is 54.1 Å². The van der Waals surface area contributed by atoms with Gasteiger partial charge in [-0.05, 0) is 34.9 Å². The van der Waals surface area contributed by atoms with Crippen molar-refractivity contribution in [3.8, 4) is 0 Å². The van der Waals surface area contributed by atoms with Crippen molar-refractivity contribution in [2.24, 2.45) is 0 Å². The SMILES string of the molecule is CO[C@H](CNC(=O)C(=O)N[C@@H](C)c1ccccc1)c1ccsc1. The lowest BCUT2D eigenvalue weighted by Crippen LogP contribution is -2.42. The fourth-order valence-corrected chi connectivity index (χ4v) is 2.85. The van der Waals surface area contributed by atoms with Gasteiger partial charge >= 0.3 is 11.8 Å². The molecule has 0 bridgehead atoms. The minimum atomic E-state index is -0.662. The Kier molecular flexibility index (Phi) is 6.31. The summed E-state index contributed by atoms with van der Waals surface area (Å²) in [5, 5.41) is 9.19. The van der Waals surface area contributed by atoms with Crippen molar-refractivity contribution in [1.29, 1.82) is 0 Å². The molecule has 0 saturated heterocycles. The zero-order valence-corrected chi connectivity index (χ0v) is 13.9. The van der Waals surface area contributed by atoms with Gasteiger partial charge in [0.25, 0.3) is 0 Å². The monoisotopic (exact) mass is 332 g/mol. The summed E-state index contributed by atoms with van der Waals surface area (Å²) in [4.78, 5) is 23.9. The Morgan fingerprint density at radius 2 is 1.87 bits per heavy atom. The molecule has 2 rings (SSSR count). The van der Waals surface area contributed by atoms with Gasteiger partial charge in [-0.1, -0.05) is 30.3 Å². The zero-order chi connectivity index (χ0) is 16.7. The van der Waals surface area contributed by atoms with E-state index in [4.69, 9.17) is 4.74 Å². The Morgan fingerprint density at radius 1 is 1.13 bits per heavy atom. The van der Waals surface area contributed by atoms with E-state index in [1.165, 1.54) is 0 Å². The molecule has 0 aliphatic heterocycles. The van der Waals surface area contributed by atoms with Crippen molar-refractivity contribution < 1.29 is 14.3 Å². The molecular formula is C17H20N2O3S. The Labute approximate surface area is 139 Å². The molecule has 6 heteroatoms. The third-order valence-electron chi connectivity index (χ3n) is 3.50. The van der Waals surface area contributed by atoms with Crippen molar-refractivity contribution >= 4 is 23.2 Å². The van der Waals surface area contributed by atoms with Gasteiger partial charge in [0.05, 0.1) is 6.04 Å². The number of hydrogen-bond acceptors (Lipinski definition) is 4. The number of nitrogens with one attached hydrogen (secondary N) is 2. The van der Waals surface area contributed by atoms with Crippen LogP contribution in [0.2, 0.25) is 0 Å². The van der Waals surface area contributed by atoms with Gasteiger partial charge in [-0.2, -0.15) is 11.3 Å². The van der Waals surface area contributed by atoms with E-state index >= 15 is 0 Å². The Morgan fingerprint density at radius 3 is 2.48 bits per heavy atom. The highest BCUT2D eigenvalue weighted by molar-refractivity contribution is 7.07. The largest absolute Gasteiger partial charge is 0.375 e. The maximum atomic E-state index is 12.0. The molecule has 5 nitrogen and oxygen atoms in total. The van der Waals surface area contributed by atoms with Crippen LogP contribution in [0.1, 0.15) is 30.2 Å². The highest BCUT2D eigenvalue weighted by Gasteiger charge is 2.19. The number of hydrogen-bond donors (Lipinski definition) is 2. The molecule has 122 valence electrons. The van der Waals surface area contributed by atoms with E-state index in [0.717, 1.165) is 11.1 Å². The molecule has 0 fully saturated rings. The lowest BCUT2D eigenvalue weighted by atomic mass is 10.1. The van der Waals surface area contributed by atoms with Crippen molar-refractivity contribution in [3.05, 3.63) is 58.3 Å². The van der Waals surface area contributed by atoms with Gasteiger partial charge in [-0.3, -0.25) is 9.59 Å². The number of ether oxygens (including phenoxy) is 1. The van der Waals surface area contributed by atoms with Crippen LogP contribution in [-0.4, -0.2) is 25.5 Å². The van der Waals surface area contributed by atoms with Crippen LogP contribution in [-0.2, 0) is 14.3 Å². The van der Waals surface area contributed by atoms with Crippen LogP contribution in [0, 0.1) is 0 Å². The Bertz CT molecular complexity index is 629. The fraction of sp³-hybridized carbons (Fsp3) is 0.294. The number of amides is 2. The average molecular weight is 332 g/mol. The second-order valence-corrected chi connectivity index (χ2v) is 5.88. The summed E-state index contributed by atoms with van der Waals surface area (Å²) in [5.74, 6) is -1.31. The molecule has 0 aliphatic carbocycles. The maximum absolute atomic E-state index is 12.0. The maximum Gasteiger partial charge on any atom is 0.309 e. The van der Waals surface area contributed by atoms with Gasteiger partial charge < -0.3 is 15.4 Å². The second kappa shape index (κ2) is 8.45. The van der Waals surface area contributed by atoms with Gasteiger partial charge in [0.2, 0.25) is 0 Å². The quantitative estimate of drug-likeness (QED) is 0.799. The molecule has 1 aromatic heterocycles.